The van der Waals surface area contributed by atoms with E-state index in [2.05, 4.69) is 20.6 Å². The first-order valence-electron chi connectivity index (χ1n) is 9.04. The van der Waals surface area contributed by atoms with E-state index in [1.807, 2.05) is 36.4 Å². The van der Waals surface area contributed by atoms with E-state index in [0.717, 1.165) is 12.1 Å². The Balaban J connectivity index is 0.00000160. The molecule has 0 bridgehead atoms. The van der Waals surface area contributed by atoms with Gasteiger partial charge >= 0.3 is 0 Å². The molecule has 2 aromatic heterocycles. The minimum Gasteiger partial charge on any atom is -0.489 e. The lowest BCUT2D eigenvalue weighted by Gasteiger charge is -2.43. The smallest absolute Gasteiger partial charge is 0.299 e. The van der Waals surface area contributed by atoms with Crippen LogP contribution < -0.4 is 15.4 Å². The first-order chi connectivity index (χ1) is 13.8. The normalized spacial score (nSPS) is 17.9. The molecule has 1 fully saturated rings. The highest BCUT2D eigenvalue weighted by Crippen LogP contribution is 2.31. The molecule has 3 heterocycles. The second kappa shape index (κ2) is 10.8. The van der Waals surface area contributed by atoms with Crippen LogP contribution in [0.4, 0.5) is 11.7 Å². The van der Waals surface area contributed by atoms with Gasteiger partial charge in [-0.2, -0.15) is 4.98 Å². The number of piperazine rings is 1. The third-order valence-corrected chi connectivity index (χ3v) is 4.74. The quantitative estimate of drug-likeness (QED) is 0.533. The molecule has 160 valence electrons. The Morgan fingerprint density at radius 1 is 1.23 bits per heavy atom. The van der Waals surface area contributed by atoms with Crippen molar-refractivity contribution in [3.05, 3.63) is 66.8 Å². The van der Waals surface area contributed by atoms with Gasteiger partial charge in [0.05, 0.1) is 6.20 Å². The second-order valence-corrected chi connectivity index (χ2v) is 6.51. The molecule has 4 rings (SSSR count). The molecular weight excluding hydrogens is 429 g/mol. The third-order valence-electron chi connectivity index (χ3n) is 4.74. The highest BCUT2D eigenvalue weighted by atomic mass is 35.5. The van der Waals surface area contributed by atoms with Crippen molar-refractivity contribution in [1.82, 2.24) is 20.2 Å². The lowest BCUT2D eigenvalue weighted by Crippen LogP contribution is -2.61. The van der Waals surface area contributed by atoms with Crippen LogP contribution in [0.1, 0.15) is 5.69 Å². The number of para-hydroxylation sites is 1. The molecule has 8 nitrogen and oxygen atoms in total. The van der Waals surface area contributed by atoms with Gasteiger partial charge in [0.1, 0.15) is 29.9 Å². The van der Waals surface area contributed by atoms with Crippen molar-refractivity contribution in [2.75, 3.05) is 31.6 Å². The molecule has 1 atom stereocenters. The van der Waals surface area contributed by atoms with Gasteiger partial charge in [-0.1, -0.05) is 18.2 Å². The standard InChI is InChI=1S/C20H21N5O3.2ClH/c26-15-25-10-9-22-13-20(25,14-28-17-7-4-8-21-11-17)18-12-27-19(24-18)23-16-5-2-1-3-6-16;;/h1-8,11-12,15,22H,9-10,13-14H2,(H,23,24);2*1H. The fourth-order valence-corrected chi connectivity index (χ4v) is 3.23. The Kier molecular flexibility index (Phi) is 8.46. The fourth-order valence-electron chi connectivity index (χ4n) is 3.23. The van der Waals surface area contributed by atoms with Crippen LogP contribution in [0.25, 0.3) is 0 Å². The molecule has 0 aliphatic carbocycles. The molecule has 10 heteroatoms. The molecule has 2 N–H and O–H groups in total. The number of carbonyl (C=O) groups is 1. The summed E-state index contributed by atoms with van der Waals surface area (Å²) in [6.07, 6.45) is 5.73. The number of hydrogen-bond donors (Lipinski definition) is 2. The van der Waals surface area contributed by atoms with Gasteiger partial charge in [-0.15, -0.1) is 24.8 Å². The maximum absolute atomic E-state index is 11.8. The van der Waals surface area contributed by atoms with Crippen LogP contribution in [-0.2, 0) is 10.3 Å². The summed E-state index contributed by atoms with van der Waals surface area (Å²) in [4.78, 5) is 22.2. The van der Waals surface area contributed by atoms with Gasteiger partial charge in [0.15, 0.2) is 0 Å². The van der Waals surface area contributed by atoms with Gasteiger partial charge in [-0.25, -0.2) is 0 Å². The van der Waals surface area contributed by atoms with E-state index >= 15 is 0 Å². The Morgan fingerprint density at radius 3 is 2.80 bits per heavy atom. The van der Waals surface area contributed by atoms with E-state index in [4.69, 9.17) is 9.15 Å². The average Bonchev–Trinajstić information content (AvgIpc) is 3.23. The van der Waals surface area contributed by atoms with Crippen molar-refractivity contribution in [2.24, 2.45) is 0 Å². The van der Waals surface area contributed by atoms with Crippen LogP contribution in [0.3, 0.4) is 0 Å². The zero-order valence-electron chi connectivity index (χ0n) is 16.1. The summed E-state index contributed by atoms with van der Waals surface area (Å²) in [5.74, 6) is 0.629. The molecule has 0 spiro atoms. The Labute approximate surface area is 186 Å². The van der Waals surface area contributed by atoms with Crippen molar-refractivity contribution < 1.29 is 13.9 Å². The molecule has 3 aromatic rings. The molecule has 1 saturated heterocycles. The zero-order chi connectivity index (χ0) is 19.2. The number of amides is 1. The van der Waals surface area contributed by atoms with Gasteiger partial charge < -0.3 is 24.7 Å². The molecule has 1 amide bonds. The summed E-state index contributed by atoms with van der Waals surface area (Å²) in [7, 11) is 0. The van der Waals surface area contributed by atoms with Crippen LogP contribution >= 0.6 is 24.8 Å². The maximum Gasteiger partial charge on any atom is 0.299 e. The lowest BCUT2D eigenvalue weighted by atomic mass is 9.92. The van der Waals surface area contributed by atoms with Crippen molar-refractivity contribution >= 4 is 42.9 Å². The van der Waals surface area contributed by atoms with Crippen LogP contribution in [0.5, 0.6) is 5.75 Å². The molecule has 30 heavy (non-hydrogen) atoms. The van der Waals surface area contributed by atoms with Crippen molar-refractivity contribution in [3.8, 4) is 5.75 Å². The first-order valence-corrected chi connectivity index (χ1v) is 9.04. The highest BCUT2D eigenvalue weighted by molar-refractivity contribution is 5.85. The topological polar surface area (TPSA) is 92.5 Å². The summed E-state index contributed by atoms with van der Waals surface area (Å²) in [5, 5.41) is 6.47. The number of carbonyl (C=O) groups excluding carboxylic acids is 1. The van der Waals surface area contributed by atoms with Crippen molar-refractivity contribution in [3.63, 3.8) is 0 Å². The van der Waals surface area contributed by atoms with E-state index in [9.17, 15) is 4.79 Å². The van der Waals surface area contributed by atoms with Crippen LogP contribution in [-0.4, -0.2) is 47.5 Å². The van der Waals surface area contributed by atoms with E-state index in [-0.39, 0.29) is 31.4 Å². The minimum absolute atomic E-state index is 0. The summed E-state index contributed by atoms with van der Waals surface area (Å²) < 4.78 is 11.6. The second-order valence-electron chi connectivity index (χ2n) is 6.51. The van der Waals surface area contributed by atoms with Gasteiger partial charge in [0, 0.05) is 31.5 Å². The molecule has 1 aliphatic heterocycles. The van der Waals surface area contributed by atoms with E-state index in [1.54, 1.807) is 29.6 Å². The SMILES string of the molecule is Cl.Cl.O=CN1CCNCC1(COc1cccnc1)c1coc(Nc2ccccc2)n1. The van der Waals surface area contributed by atoms with Crippen LogP contribution in [0.2, 0.25) is 0 Å². The highest BCUT2D eigenvalue weighted by Gasteiger charge is 2.44. The summed E-state index contributed by atoms with van der Waals surface area (Å²) in [6.45, 7) is 1.99. The molecule has 0 saturated carbocycles. The molecule has 1 aliphatic rings. The van der Waals surface area contributed by atoms with Gasteiger partial charge in [0.25, 0.3) is 6.01 Å². The number of nitrogens with one attached hydrogen (secondary N) is 2. The van der Waals surface area contributed by atoms with Crippen LogP contribution in [0, 0.1) is 0 Å². The summed E-state index contributed by atoms with van der Waals surface area (Å²) in [6, 6.07) is 13.6. The average molecular weight is 452 g/mol. The van der Waals surface area contributed by atoms with Crippen LogP contribution in [0.15, 0.2) is 65.5 Å². The number of benzene rings is 1. The zero-order valence-corrected chi connectivity index (χ0v) is 17.7. The largest absolute Gasteiger partial charge is 0.489 e. The van der Waals surface area contributed by atoms with Crippen molar-refractivity contribution in [2.45, 2.75) is 5.54 Å². The van der Waals surface area contributed by atoms with Gasteiger partial charge in [-0.3, -0.25) is 9.78 Å². The van der Waals surface area contributed by atoms with Crippen molar-refractivity contribution in [1.29, 1.82) is 0 Å². The fraction of sp³-hybridized carbons (Fsp3) is 0.250. The molecule has 1 unspecified atom stereocenters. The number of anilines is 2. The molecule has 0 radical (unpaired) electrons. The number of hydrogen-bond acceptors (Lipinski definition) is 7. The molecular formula is C20H23Cl2N5O3. The Morgan fingerprint density at radius 2 is 2.07 bits per heavy atom. The number of rotatable bonds is 7. The Bertz CT molecular complexity index is 913. The first kappa shape index (κ1) is 23.5. The monoisotopic (exact) mass is 451 g/mol. The van der Waals surface area contributed by atoms with E-state index in [0.29, 0.717) is 37.1 Å². The maximum atomic E-state index is 11.8. The predicted molar refractivity (Wildman–Crippen MR) is 118 cm³/mol. The number of oxazole rings is 1. The number of nitrogens with zero attached hydrogens (tertiary/aromatic N) is 3. The number of pyridine rings is 1. The summed E-state index contributed by atoms with van der Waals surface area (Å²) in [5.41, 5.74) is 0.704. The predicted octanol–water partition coefficient (Wildman–Crippen LogP) is 2.99. The van der Waals surface area contributed by atoms with E-state index in [1.165, 1.54) is 0 Å². The summed E-state index contributed by atoms with van der Waals surface area (Å²) >= 11 is 0. The number of halogens is 2. The van der Waals surface area contributed by atoms with Gasteiger partial charge in [0.2, 0.25) is 6.41 Å². The van der Waals surface area contributed by atoms with E-state index < -0.39 is 5.54 Å². The minimum atomic E-state index is -0.782. The third kappa shape index (κ3) is 5.02. The molecule has 1 aromatic carbocycles. The van der Waals surface area contributed by atoms with Gasteiger partial charge in [-0.05, 0) is 24.3 Å². The number of ether oxygens (including phenoxy) is 1. The Hall–Kier alpha value is -2.81. The lowest BCUT2D eigenvalue weighted by molar-refractivity contribution is -0.127. The number of aromatic nitrogens is 2.